The van der Waals surface area contributed by atoms with E-state index in [1.54, 1.807) is 0 Å². The summed E-state index contributed by atoms with van der Waals surface area (Å²) in [6, 6.07) is 4.31. The Bertz CT molecular complexity index is 478. The number of amides is 1. The number of benzene rings is 1. The zero-order valence-corrected chi connectivity index (χ0v) is 12.2. The van der Waals surface area contributed by atoms with Crippen LogP contribution in [0.4, 0.5) is 5.69 Å². The van der Waals surface area contributed by atoms with Crippen LogP contribution in [0.5, 0.6) is 0 Å². The van der Waals surface area contributed by atoms with Crippen LogP contribution in [0.1, 0.15) is 54.1 Å². The molecule has 1 aromatic rings. The van der Waals surface area contributed by atoms with E-state index in [0.717, 1.165) is 48.9 Å². The second-order valence-corrected chi connectivity index (χ2v) is 5.61. The summed E-state index contributed by atoms with van der Waals surface area (Å²) in [4.78, 5) is 14.7. The predicted octanol–water partition coefficient (Wildman–Crippen LogP) is 3.29. The maximum Gasteiger partial charge on any atom is 0.254 e. The molecule has 0 unspecified atom stereocenters. The van der Waals surface area contributed by atoms with Gasteiger partial charge in [-0.2, -0.15) is 0 Å². The molecule has 0 radical (unpaired) electrons. The first-order valence-corrected chi connectivity index (χ1v) is 7.22. The lowest BCUT2D eigenvalue weighted by atomic mass is 10.0. The molecule has 3 nitrogen and oxygen atoms in total. The van der Waals surface area contributed by atoms with Crippen molar-refractivity contribution in [2.75, 3.05) is 12.3 Å². The van der Waals surface area contributed by atoms with Gasteiger partial charge in [0.2, 0.25) is 0 Å². The second-order valence-electron chi connectivity index (χ2n) is 5.61. The normalized spacial score (nSPS) is 14.5. The molecule has 1 saturated carbocycles. The third-order valence-corrected chi connectivity index (χ3v) is 3.84. The molecule has 0 aliphatic heterocycles. The number of nitrogens with zero attached hydrogens (tertiary/aromatic N) is 1. The minimum absolute atomic E-state index is 0.153. The number of carbonyl (C=O) groups is 1. The van der Waals surface area contributed by atoms with Gasteiger partial charge in [0.25, 0.3) is 5.91 Å². The molecule has 104 valence electrons. The lowest BCUT2D eigenvalue weighted by molar-refractivity contribution is 0.0740. The Kier molecular flexibility index (Phi) is 4.13. The van der Waals surface area contributed by atoms with Crippen LogP contribution < -0.4 is 5.73 Å². The average Bonchev–Trinajstić information content (AvgIpc) is 3.18. The van der Waals surface area contributed by atoms with E-state index in [1.807, 2.05) is 30.9 Å². The number of rotatable bonds is 5. The van der Waals surface area contributed by atoms with E-state index in [4.69, 9.17) is 5.73 Å². The molecular weight excluding hydrogens is 236 g/mol. The van der Waals surface area contributed by atoms with Crippen LogP contribution in [0.15, 0.2) is 12.1 Å². The number of nitrogen functional groups attached to an aromatic ring is 1. The van der Waals surface area contributed by atoms with Crippen molar-refractivity contribution in [3.05, 3.63) is 28.8 Å². The summed E-state index contributed by atoms with van der Waals surface area (Å²) in [7, 11) is 0. The van der Waals surface area contributed by atoms with Gasteiger partial charge in [-0.05, 0) is 50.3 Å². The number of nitrogens with two attached hydrogens (primary N) is 1. The van der Waals surface area contributed by atoms with Crippen molar-refractivity contribution >= 4 is 11.6 Å². The lowest BCUT2D eigenvalue weighted by Crippen LogP contribution is -2.34. The Morgan fingerprint density at radius 2 is 2.00 bits per heavy atom. The Labute approximate surface area is 115 Å². The van der Waals surface area contributed by atoms with Crippen LogP contribution in [0, 0.1) is 13.8 Å². The second kappa shape index (κ2) is 5.64. The van der Waals surface area contributed by atoms with Crippen molar-refractivity contribution in [2.24, 2.45) is 0 Å². The summed E-state index contributed by atoms with van der Waals surface area (Å²) in [5.41, 5.74) is 9.50. The van der Waals surface area contributed by atoms with E-state index >= 15 is 0 Å². The van der Waals surface area contributed by atoms with E-state index in [1.165, 1.54) is 0 Å². The maximum absolute atomic E-state index is 12.7. The zero-order valence-electron chi connectivity index (χ0n) is 12.2. The highest BCUT2D eigenvalue weighted by molar-refractivity contribution is 5.97. The molecule has 1 aromatic carbocycles. The molecule has 1 fully saturated rings. The van der Waals surface area contributed by atoms with E-state index in [9.17, 15) is 4.79 Å². The molecule has 2 N–H and O–H groups in total. The molecule has 2 rings (SSSR count). The van der Waals surface area contributed by atoms with E-state index in [-0.39, 0.29) is 5.91 Å². The van der Waals surface area contributed by atoms with Crippen LogP contribution in [0.2, 0.25) is 0 Å². The van der Waals surface area contributed by atoms with Crippen molar-refractivity contribution in [1.82, 2.24) is 4.90 Å². The van der Waals surface area contributed by atoms with E-state index < -0.39 is 0 Å². The van der Waals surface area contributed by atoms with Gasteiger partial charge < -0.3 is 10.6 Å². The fraction of sp³-hybridized carbons (Fsp3) is 0.562. The van der Waals surface area contributed by atoms with Gasteiger partial charge in [0.15, 0.2) is 0 Å². The fourth-order valence-corrected chi connectivity index (χ4v) is 2.42. The molecule has 1 aliphatic rings. The summed E-state index contributed by atoms with van der Waals surface area (Å²) in [5.74, 6) is 0.153. The molecule has 1 amide bonds. The minimum Gasteiger partial charge on any atom is -0.398 e. The number of hydrogen-bond donors (Lipinski definition) is 1. The first-order valence-electron chi connectivity index (χ1n) is 7.22. The Morgan fingerprint density at radius 1 is 1.32 bits per heavy atom. The van der Waals surface area contributed by atoms with Crippen LogP contribution in [0.25, 0.3) is 0 Å². The standard InChI is InChI=1S/C16H24N2O/c1-4-5-8-18(13-6-7-13)16(19)14-10-15(17)12(3)9-11(14)2/h9-10,13H,4-8,17H2,1-3H3. The van der Waals surface area contributed by atoms with Gasteiger partial charge in [0, 0.05) is 23.8 Å². The maximum atomic E-state index is 12.7. The topological polar surface area (TPSA) is 46.3 Å². The van der Waals surface area contributed by atoms with Crippen molar-refractivity contribution in [3.8, 4) is 0 Å². The fourth-order valence-electron chi connectivity index (χ4n) is 2.42. The number of aryl methyl sites for hydroxylation is 2. The minimum atomic E-state index is 0.153. The quantitative estimate of drug-likeness (QED) is 0.826. The third kappa shape index (κ3) is 3.09. The van der Waals surface area contributed by atoms with Crippen molar-refractivity contribution in [2.45, 2.75) is 52.5 Å². The molecule has 0 spiro atoms. The van der Waals surface area contributed by atoms with E-state index in [0.29, 0.717) is 11.7 Å². The molecule has 1 aliphatic carbocycles. The molecule has 3 heteroatoms. The smallest absolute Gasteiger partial charge is 0.254 e. The Hall–Kier alpha value is -1.51. The van der Waals surface area contributed by atoms with Crippen LogP contribution >= 0.6 is 0 Å². The largest absolute Gasteiger partial charge is 0.398 e. The number of carbonyl (C=O) groups excluding carboxylic acids is 1. The molecule has 19 heavy (non-hydrogen) atoms. The Morgan fingerprint density at radius 3 is 2.58 bits per heavy atom. The van der Waals surface area contributed by atoms with Gasteiger partial charge in [-0.1, -0.05) is 19.4 Å². The van der Waals surface area contributed by atoms with Gasteiger partial charge in [0.05, 0.1) is 0 Å². The van der Waals surface area contributed by atoms with Crippen LogP contribution in [-0.2, 0) is 0 Å². The van der Waals surface area contributed by atoms with Gasteiger partial charge in [-0.3, -0.25) is 4.79 Å². The van der Waals surface area contributed by atoms with Gasteiger partial charge in [-0.15, -0.1) is 0 Å². The number of hydrogen-bond acceptors (Lipinski definition) is 2. The number of anilines is 1. The molecule has 0 bridgehead atoms. The van der Waals surface area contributed by atoms with Crippen molar-refractivity contribution < 1.29 is 4.79 Å². The number of unbranched alkanes of at least 4 members (excludes halogenated alkanes) is 1. The van der Waals surface area contributed by atoms with Gasteiger partial charge in [-0.25, -0.2) is 0 Å². The van der Waals surface area contributed by atoms with Gasteiger partial charge >= 0.3 is 0 Å². The molecule has 0 saturated heterocycles. The summed E-state index contributed by atoms with van der Waals surface area (Å²) < 4.78 is 0. The monoisotopic (exact) mass is 260 g/mol. The lowest BCUT2D eigenvalue weighted by Gasteiger charge is -2.23. The summed E-state index contributed by atoms with van der Waals surface area (Å²) in [6.07, 6.45) is 4.49. The average molecular weight is 260 g/mol. The molecule has 0 aromatic heterocycles. The Balaban J connectivity index is 2.23. The zero-order chi connectivity index (χ0) is 14.0. The highest BCUT2D eigenvalue weighted by Gasteiger charge is 2.33. The summed E-state index contributed by atoms with van der Waals surface area (Å²) in [5, 5.41) is 0. The van der Waals surface area contributed by atoms with Gasteiger partial charge in [0.1, 0.15) is 0 Å². The van der Waals surface area contributed by atoms with Crippen LogP contribution in [-0.4, -0.2) is 23.4 Å². The first kappa shape index (κ1) is 13.9. The predicted molar refractivity (Wildman–Crippen MR) is 79.3 cm³/mol. The SMILES string of the molecule is CCCCN(C(=O)c1cc(N)c(C)cc1C)C1CC1. The van der Waals surface area contributed by atoms with Crippen molar-refractivity contribution in [3.63, 3.8) is 0 Å². The highest BCUT2D eigenvalue weighted by atomic mass is 16.2. The summed E-state index contributed by atoms with van der Waals surface area (Å²) in [6.45, 7) is 6.99. The first-order chi connectivity index (χ1) is 9.04. The highest BCUT2D eigenvalue weighted by Crippen LogP contribution is 2.30. The third-order valence-electron chi connectivity index (χ3n) is 3.84. The van der Waals surface area contributed by atoms with Crippen LogP contribution in [0.3, 0.4) is 0 Å². The van der Waals surface area contributed by atoms with E-state index in [2.05, 4.69) is 6.92 Å². The molecule has 0 heterocycles. The van der Waals surface area contributed by atoms with Crippen molar-refractivity contribution in [1.29, 1.82) is 0 Å². The summed E-state index contributed by atoms with van der Waals surface area (Å²) >= 11 is 0. The molecular formula is C16H24N2O. The molecule has 0 atom stereocenters.